The number of hydrogen-bond acceptors (Lipinski definition) is 5. The van der Waals surface area contributed by atoms with Gasteiger partial charge in [-0.2, -0.15) is 0 Å². The highest BCUT2D eigenvalue weighted by molar-refractivity contribution is 6.03. The molecule has 1 saturated heterocycles. The number of rotatable bonds is 3. The molecule has 4 atom stereocenters. The molecule has 1 aromatic carbocycles. The van der Waals surface area contributed by atoms with Crippen LogP contribution in [0.1, 0.15) is 51.0 Å². The number of ether oxygens (including phenoxy) is 1. The van der Waals surface area contributed by atoms with Crippen molar-refractivity contribution in [2.75, 3.05) is 13.1 Å². The van der Waals surface area contributed by atoms with E-state index in [0.29, 0.717) is 41.8 Å². The number of para-hydroxylation sites is 1. The van der Waals surface area contributed by atoms with Crippen LogP contribution in [-0.2, 0) is 4.74 Å². The number of fused-ring (bicyclic) bond motifs is 2. The second-order valence-electron chi connectivity index (χ2n) is 9.44. The third-order valence-electron chi connectivity index (χ3n) is 6.00. The number of likely N-dealkylation sites (tertiary alicyclic amines) is 1. The number of nitrogens with zero attached hydrogens (tertiary/aromatic N) is 2. The predicted molar refractivity (Wildman–Crippen MR) is 108 cm³/mol. The molecular formula is C22H29N3O4. The van der Waals surface area contributed by atoms with Gasteiger partial charge < -0.3 is 19.5 Å². The zero-order valence-corrected chi connectivity index (χ0v) is 17.5. The summed E-state index contributed by atoms with van der Waals surface area (Å²) in [5, 5.41) is 7.60. The first-order chi connectivity index (χ1) is 13.7. The lowest BCUT2D eigenvalue weighted by Crippen LogP contribution is -2.47. The maximum atomic E-state index is 12.8. The molecule has 0 bridgehead atoms. The van der Waals surface area contributed by atoms with E-state index >= 15 is 0 Å². The Kier molecular flexibility index (Phi) is 5.00. The van der Waals surface area contributed by atoms with Gasteiger partial charge in [0.15, 0.2) is 11.3 Å². The zero-order chi connectivity index (χ0) is 20.8. The van der Waals surface area contributed by atoms with E-state index in [1.54, 1.807) is 6.07 Å². The largest absolute Gasteiger partial charge is 0.444 e. The molecule has 156 valence electrons. The summed E-state index contributed by atoms with van der Waals surface area (Å²) in [6.07, 6.45) is 1.88. The van der Waals surface area contributed by atoms with Crippen LogP contribution < -0.4 is 5.32 Å². The van der Waals surface area contributed by atoms with Gasteiger partial charge in [0.2, 0.25) is 0 Å². The van der Waals surface area contributed by atoms with Crippen molar-refractivity contribution in [3.63, 3.8) is 0 Å². The Balaban J connectivity index is 1.49. The third-order valence-corrected chi connectivity index (χ3v) is 6.00. The van der Waals surface area contributed by atoms with Gasteiger partial charge >= 0.3 is 6.09 Å². The Morgan fingerprint density at radius 1 is 1.28 bits per heavy atom. The van der Waals surface area contributed by atoms with E-state index < -0.39 is 5.60 Å². The van der Waals surface area contributed by atoms with Crippen LogP contribution in [0.2, 0.25) is 0 Å². The summed E-state index contributed by atoms with van der Waals surface area (Å²) in [6.45, 7) is 8.95. The Labute approximate surface area is 170 Å². The topological polar surface area (TPSA) is 84.7 Å². The van der Waals surface area contributed by atoms with Crippen molar-refractivity contribution in [1.82, 2.24) is 15.4 Å². The van der Waals surface area contributed by atoms with Gasteiger partial charge in [0.1, 0.15) is 5.60 Å². The van der Waals surface area contributed by atoms with Crippen LogP contribution in [0, 0.1) is 17.8 Å². The molecule has 1 aliphatic carbocycles. The van der Waals surface area contributed by atoms with Gasteiger partial charge in [-0.1, -0.05) is 24.2 Å². The number of carbonyl (C=O) groups excluding carboxylic acids is 2. The molecule has 4 rings (SSSR count). The van der Waals surface area contributed by atoms with Crippen LogP contribution in [-0.4, -0.2) is 46.8 Å². The van der Waals surface area contributed by atoms with E-state index in [0.717, 1.165) is 12.8 Å². The Hall–Kier alpha value is -2.57. The number of hydrogen-bond donors (Lipinski definition) is 1. The first-order valence-corrected chi connectivity index (χ1v) is 10.3. The van der Waals surface area contributed by atoms with Gasteiger partial charge in [0.05, 0.1) is 11.4 Å². The average Bonchev–Trinajstić information content (AvgIpc) is 3.30. The fraction of sp³-hybridized carbons (Fsp3) is 0.591. The molecule has 1 unspecified atom stereocenters. The van der Waals surface area contributed by atoms with Gasteiger partial charge in [-0.3, -0.25) is 4.79 Å². The molecule has 1 saturated carbocycles. The molecule has 1 aromatic heterocycles. The summed E-state index contributed by atoms with van der Waals surface area (Å²) in [7, 11) is 0. The Bertz CT molecular complexity index is 916. The van der Waals surface area contributed by atoms with Gasteiger partial charge in [-0.15, -0.1) is 0 Å². The van der Waals surface area contributed by atoms with Crippen LogP contribution in [0.25, 0.3) is 11.0 Å². The van der Waals surface area contributed by atoms with E-state index in [1.165, 1.54) is 0 Å². The summed E-state index contributed by atoms with van der Waals surface area (Å²) < 4.78 is 10.9. The van der Waals surface area contributed by atoms with Crippen molar-refractivity contribution in [3.05, 3.63) is 30.0 Å². The molecule has 2 fully saturated rings. The minimum Gasteiger partial charge on any atom is -0.444 e. The van der Waals surface area contributed by atoms with E-state index in [1.807, 2.05) is 43.9 Å². The van der Waals surface area contributed by atoms with E-state index in [2.05, 4.69) is 17.4 Å². The van der Waals surface area contributed by atoms with Crippen molar-refractivity contribution in [2.24, 2.45) is 17.8 Å². The first-order valence-electron chi connectivity index (χ1n) is 10.3. The lowest BCUT2D eigenvalue weighted by molar-refractivity contribution is 0.0196. The van der Waals surface area contributed by atoms with Gasteiger partial charge in [0.25, 0.3) is 5.91 Å². The third kappa shape index (κ3) is 3.95. The van der Waals surface area contributed by atoms with Gasteiger partial charge in [-0.25, -0.2) is 4.79 Å². The summed E-state index contributed by atoms with van der Waals surface area (Å²) >= 11 is 0. The highest BCUT2D eigenvalue weighted by Crippen LogP contribution is 2.45. The lowest BCUT2D eigenvalue weighted by atomic mass is 9.94. The predicted octanol–water partition coefficient (Wildman–Crippen LogP) is 3.84. The quantitative estimate of drug-likeness (QED) is 0.848. The van der Waals surface area contributed by atoms with Gasteiger partial charge in [0, 0.05) is 13.1 Å². The number of amides is 2. The van der Waals surface area contributed by atoms with Crippen molar-refractivity contribution in [2.45, 2.75) is 52.2 Å². The summed E-state index contributed by atoms with van der Waals surface area (Å²) in [5.41, 5.74) is 0.313. The van der Waals surface area contributed by atoms with E-state index in [4.69, 9.17) is 9.26 Å². The number of aromatic nitrogens is 1. The normalized spacial score (nSPS) is 26.6. The fourth-order valence-electron chi connectivity index (χ4n) is 4.87. The molecule has 7 heteroatoms. The molecule has 2 aromatic rings. The molecule has 0 spiro atoms. The van der Waals surface area contributed by atoms with Crippen molar-refractivity contribution < 1.29 is 18.8 Å². The maximum absolute atomic E-state index is 12.8. The van der Waals surface area contributed by atoms with Crippen LogP contribution in [0.5, 0.6) is 0 Å². The molecule has 2 aliphatic rings. The molecule has 1 N–H and O–H groups in total. The van der Waals surface area contributed by atoms with Crippen molar-refractivity contribution >= 4 is 23.0 Å². The van der Waals surface area contributed by atoms with Crippen LogP contribution in [0.15, 0.2) is 28.8 Å². The molecule has 0 radical (unpaired) electrons. The Morgan fingerprint density at radius 2 is 2.03 bits per heavy atom. The SMILES string of the molecule is CC1C[C@H]2CN(C(=O)OC(C)(C)C)[C@H](CNC(=O)c3noc4ccccc34)[C@H]2C1. The minimum absolute atomic E-state index is 0.0677. The standard InChI is InChI=1S/C22H29N3O4/c1-13-9-14-12-25(21(27)28-22(2,3)4)17(16(14)10-13)11-23-20(26)19-15-7-5-6-8-18(15)29-24-19/h5-8,13-14,16-17H,9-12H2,1-4H3,(H,23,26)/t13?,14-,16-,17+/m0/s1. The molecule has 29 heavy (non-hydrogen) atoms. The zero-order valence-electron chi connectivity index (χ0n) is 17.5. The number of carbonyl (C=O) groups is 2. The molecule has 2 amide bonds. The van der Waals surface area contributed by atoms with E-state index in [-0.39, 0.29) is 23.7 Å². The molecule has 1 aliphatic heterocycles. The van der Waals surface area contributed by atoms with Gasteiger partial charge in [-0.05, 0) is 63.5 Å². The summed E-state index contributed by atoms with van der Waals surface area (Å²) in [5.74, 6) is 1.20. The second kappa shape index (κ2) is 7.35. The fourth-order valence-corrected chi connectivity index (χ4v) is 4.87. The summed E-state index contributed by atoms with van der Waals surface area (Å²) in [6, 6.07) is 7.22. The Morgan fingerprint density at radius 3 is 2.79 bits per heavy atom. The monoisotopic (exact) mass is 399 g/mol. The maximum Gasteiger partial charge on any atom is 0.410 e. The van der Waals surface area contributed by atoms with Crippen LogP contribution in [0.3, 0.4) is 0 Å². The lowest BCUT2D eigenvalue weighted by Gasteiger charge is -2.31. The number of nitrogens with one attached hydrogen (secondary N) is 1. The first kappa shape index (κ1) is 19.7. The number of benzene rings is 1. The minimum atomic E-state index is -0.546. The van der Waals surface area contributed by atoms with Crippen molar-refractivity contribution in [3.8, 4) is 0 Å². The highest BCUT2D eigenvalue weighted by Gasteiger charge is 2.49. The van der Waals surface area contributed by atoms with Crippen LogP contribution >= 0.6 is 0 Å². The average molecular weight is 399 g/mol. The second-order valence-corrected chi connectivity index (χ2v) is 9.44. The molecular weight excluding hydrogens is 370 g/mol. The summed E-state index contributed by atoms with van der Waals surface area (Å²) in [4.78, 5) is 27.4. The smallest absolute Gasteiger partial charge is 0.410 e. The molecule has 2 heterocycles. The molecule has 7 nitrogen and oxygen atoms in total. The van der Waals surface area contributed by atoms with Crippen molar-refractivity contribution in [1.29, 1.82) is 0 Å². The highest BCUT2D eigenvalue weighted by atomic mass is 16.6. The van der Waals surface area contributed by atoms with Crippen LogP contribution in [0.4, 0.5) is 4.79 Å². The van der Waals surface area contributed by atoms with E-state index in [9.17, 15) is 9.59 Å².